The molecule has 2 heterocycles. The lowest BCUT2D eigenvalue weighted by Gasteiger charge is -2.09. The summed E-state index contributed by atoms with van der Waals surface area (Å²) in [6, 6.07) is 18.3. The molecule has 166 valence electrons. The molecule has 0 saturated carbocycles. The van der Waals surface area contributed by atoms with E-state index in [1.807, 2.05) is 30.3 Å². The van der Waals surface area contributed by atoms with Crippen LogP contribution in [0.5, 0.6) is 0 Å². The second kappa shape index (κ2) is 7.87. The molecule has 0 aliphatic heterocycles. The van der Waals surface area contributed by atoms with Crippen LogP contribution in [0.15, 0.2) is 86.0 Å². The number of hydrogen-bond acceptors (Lipinski definition) is 6. The lowest BCUT2D eigenvalue weighted by molar-refractivity contribution is 0.601. The number of sulfonamides is 1. The third-order valence-electron chi connectivity index (χ3n) is 5.13. The molecular formula is C22H16N4O5S2. The summed E-state index contributed by atoms with van der Waals surface area (Å²) in [6.45, 7) is 0.415. The van der Waals surface area contributed by atoms with Crippen LogP contribution in [0, 0.1) is 0 Å². The number of H-pyrrole nitrogens is 2. The number of fused-ring (bicyclic) bond motifs is 2. The molecule has 0 bridgehead atoms. The van der Waals surface area contributed by atoms with Crippen molar-refractivity contribution in [3.8, 4) is 0 Å². The number of nitrogens with zero attached hydrogens (tertiary/aromatic N) is 1. The highest BCUT2D eigenvalue weighted by molar-refractivity contribution is 7.92. The van der Waals surface area contributed by atoms with E-state index in [1.165, 1.54) is 18.2 Å². The number of nitrogens with one attached hydrogen (secondary N) is 3. The van der Waals surface area contributed by atoms with Gasteiger partial charge in [-0.25, -0.2) is 13.2 Å². The van der Waals surface area contributed by atoms with Crippen molar-refractivity contribution in [2.45, 2.75) is 11.4 Å². The van der Waals surface area contributed by atoms with Gasteiger partial charge in [0.15, 0.2) is 0 Å². The first-order chi connectivity index (χ1) is 15.8. The van der Waals surface area contributed by atoms with Gasteiger partial charge in [0, 0.05) is 0 Å². The number of thiazole rings is 1. The van der Waals surface area contributed by atoms with Gasteiger partial charge >= 0.3 is 10.6 Å². The Bertz CT molecular complexity index is 1800. The molecule has 0 atom stereocenters. The summed E-state index contributed by atoms with van der Waals surface area (Å²) in [7, 11) is -4.03. The van der Waals surface area contributed by atoms with Crippen molar-refractivity contribution in [1.29, 1.82) is 0 Å². The molecule has 0 unspecified atom stereocenters. The Morgan fingerprint density at radius 3 is 2.48 bits per heavy atom. The number of hydrogen-bond donors (Lipinski definition) is 3. The van der Waals surface area contributed by atoms with Crippen LogP contribution < -0.4 is 20.8 Å². The molecule has 0 spiro atoms. The molecule has 5 rings (SSSR count). The first-order valence-electron chi connectivity index (χ1n) is 9.77. The van der Waals surface area contributed by atoms with Crippen molar-refractivity contribution in [1.82, 2.24) is 14.5 Å². The van der Waals surface area contributed by atoms with E-state index in [-0.39, 0.29) is 26.4 Å². The van der Waals surface area contributed by atoms with E-state index in [4.69, 9.17) is 0 Å². The van der Waals surface area contributed by atoms with Gasteiger partial charge in [-0.15, -0.1) is 0 Å². The van der Waals surface area contributed by atoms with E-state index >= 15 is 0 Å². The van der Waals surface area contributed by atoms with Gasteiger partial charge in [0.25, 0.3) is 15.6 Å². The van der Waals surface area contributed by atoms with Crippen LogP contribution in [0.25, 0.3) is 21.1 Å². The largest absolute Gasteiger partial charge is 0.326 e. The zero-order valence-corrected chi connectivity index (χ0v) is 18.5. The van der Waals surface area contributed by atoms with Crippen molar-refractivity contribution < 1.29 is 8.42 Å². The zero-order chi connectivity index (χ0) is 23.2. The van der Waals surface area contributed by atoms with Crippen LogP contribution in [0.2, 0.25) is 0 Å². The quantitative estimate of drug-likeness (QED) is 0.355. The fourth-order valence-electron chi connectivity index (χ4n) is 3.57. The third-order valence-corrected chi connectivity index (χ3v) is 7.45. The zero-order valence-electron chi connectivity index (χ0n) is 16.9. The molecule has 9 nitrogen and oxygen atoms in total. The highest BCUT2D eigenvalue weighted by Crippen LogP contribution is 2.25. The van der Waals surface area contributed by atoms with Crippen LogP contribution in [0.1, 0.15) is 5.56 Å². The van der Waals surface area contributed by atoms with Gasteiger partial charge in [-0.3, -0.25) is 23.9 Å². The minimum absolute atomic E-state index is 0.0455. The fourth-order valence-corrected chi connectivity index (χ4v) is 5.58. The number of rotatable bonds is 5. The molecule has 0 amide bonds. The summed E-state index contributed by atoms with van der Waals surface area (Å²) in [5.41, 5.74) is 0.846. The molecule has 3 N–H and O–H groups in total. The second-order valence-electron chi connectivity index (χ2n) is 7.34. The van der Waals surface area contributed by atoms with E-state index in [0.717, 1.165) is 16.9 Å². The maximum Gasteiger partial charge on any atom is 0.326 e. The molecule has 2 aromatic heterocycles. The van der Waals surface area contributed by atoms with Gasteiger partial charge in [0.1, 0.15) is 0 Å². The predicted molar refractivity (Wildman–Crippen MR) is 128 cm³/mol. The van der Waals surface area contributed by atoms with Crippen LogP contribution >= 0.6 is 11.3 Å². The van der Waals surface area contributed by atoms with Crippen molar-refractivity contribution in [3.63, 3.8) is 0 Å². The van der Waals surface area contributed by atoms with E-state index in [1.54, 1.807) is 22.8 Å². The van der Waals surface area contributed by atoms with E-state index in [0.29, 0.717) is 16.8 Å². The van der Waals surface area contributed by atoms with Gasteiger partial charge in [0.2, 0.25) is 0 Å². The topological polar surface area (TPSA) is 134 Å². The highest BCUT2D eigenvalue weighted by Gasteiger charge is 2.17. The minimum Gasteiger partial charge on any atom is -0.307 e. The van der Waals surface area contributed by atoms with Crippen LogP contribution in [0.3, 0.4) is 0 Å². The Hall–Kier alpha value is -3.96. The Labute approximate surface area is 190 Å². The monoisotopic (exact) mass is 480 g/mol. The van der Waals surface area contributed by atoms with E-state index in [2.05, 4.69) is 14.7 Å². The second-order valence-corrected chi connectivity index (χ2v) is 10.0. The summed E-state index contributed by atoms with van der Waals surface area (Å²) in [5.74, 6) is 0. The van der Waals surface area contributed by atoms with Crippen LogP contribution in [-0.2, 0) is 16.6 Å². The minimum atomic E-state index is -4.03. The van der Waals surface area contributed by atoms with Crippen molar-refractivity contribution in [3.05, 3.63) is 103 Å². The summed E-state index contributed by atoms with van der Waals surface area (Å²) in [6.07, 6.45) is 0. The van der Waals surface area contributed by atoms with Gasteiger partial charge in [-0.1, -0.05) is 41.7 Å². The molecule has 5 aromatic rings. The molecule has 3 aromatic carbocycles. The number of aromatic nitrogens is 3. The summed E-state index contributed by atoms with van der Waals surface area (Å²) < 4.78 is 30.6. The van der Waals surface area contributed by atoms with Gasteiger partial charge in [0.05, 0.1) is 38.2 Å². The highest BCUT2D eigenvalue weighted by atomic mass is 32.2. The number of aromatic amines is 2. The lowest BCUT2D eigenvalue weighted by Crippen LogP contribution is -2.22. The summed E-state index contributed by atoms with van der Waals surface area (Å²) >= 11 is 1.03. The van der Waals surface area contributed by atoms with Gasteiger partial charge in [-0.2, -0.15) is 0 Å². The summed E-state index contributed by atoms with van der Waals surface area (Å²) in [4.78, 5) is 40.2. The molecule has 0 aliphatic carbocycles. The number of benzene rings is 3. The average Bonchev–Trinajstić information content (AvgIpc) is 3.08. The molecule has 0 aliphatic rings. The Kier molecular flexibility index (Phi) is 4.99. The standard InChI is InChI=1S/C22H16N4O5S2/c27-20-16-11-15(7-8-17(16)23-21(28)24-20)33(30,31)25-14-6-9-18-19(10-14)32-22(29)26(18)12-13-4-2-1-3-5-13/h1-11,25H,12H2,(H2,23,24,27,28). The Morgan fingerprint density at radius 1 is 0.909 bits per heavy atom. The van der Waals surface area contributed by atoms with Crippen molar-refractivity contribution in [2.24, 2.45) is 0 Å². The van der Waals surface area contributed by atoms with Crippen LogP contribution in [0.4, 0.5) is 5.69 Å². The van der Waals surface area contributed by atoms with Gasteiger partial charge in [-0.05, 0) is 42.0 Å². The SMILES string of the molecule is O=c1[nH]c(=O)c2cc(S(=O)(=O)Nc3ccc4c(c3)sc(=O)n4Cc3ccccc3)ccc2[nH]1. The molecule has 0 fully saturated rings. The predicted octanol–water partition coefficient (Wildman–Crippen LogP) is 2.44. The average molecular weight is 481 g/mol. The summed E-state index contributed by atoms with van der Waals surface area (Å²) in [5, 5.41) is 0.0455. The maximum absolute atomic E-state index is 12.9. The van der Waals surface area contributed by atoms with Crippen molar-refractivity contribution >= 4 is 48.2 Å². The smallest absolute Gasteiger partial charge is 0.307 e. The van der Waals surface area contributed by atoms with Crippen molar-refractivity contribution in [2.75, 3.05) is 4.72 Å². The first-order valence-corrected chi connectivity index (χ1v) is 12.1. The number of anilines is 1. The Balaban J connectivity index is 1.49. The van der Waals surface area contributed by atoms with Gasteiger partial charge < -0.3 is 4.98 Å². The van der Waals surface area contributed by atoms with E-state index < -0.39 is 21.3 Å². The maximum atomic E-state index is 12.9. The van der Waals surface area contributed by atoms with Crippen LogP contribution in [-0.4, -0.2) is 23.0 Å². The van der Waals surface area contributed by atoms with E-state index in [9.17, 15) is 22.8 Å². The molecular weight excluding hydrogens is 464 g/mol. The molecule has 33 heavy (non-hydrogen) atoms. The molecule has 0 saturated heterocycles. The molecule has 11 heteroatoms. The Morgan fingerprint density at radius 2 is 1.70 bits per heavy atom. The lowest BCUT2D eigenvalue weighted by atomic mass is 10.2. The normalized spacial score (nSPS) is 11.8. The third kappa shape index (κ3) is 3.99. The molecule has 0 radical (unpaired) electrons. The fraction of sp³-hybridized carbons (Fsp3) is 0.0455. The first kappa shape index (κ1) is 20.9.